The molecule has 1 N–H and O–H groups in total. The molecule has 0 spiro atoms. The Kier molecular flexibility index (Phi) is 5.48. The molecule has 0 aliphatic carbocycles. The van der Waals surface area contributed by atoms with E-state index < -0.39 is 15.9 Å². The van der Waals surface area contributed by atoms with Crippen molar-refractivity contribution in [3.8, 4) is 5.75 Å². The first-order valence-electron chi connectivity index (χ1n) is 6.93. The summed E-state index contributed by atoms with van der Waals surface area (Å²) in [4.78, 5) is 12.5. The van der Waals surface area contributed by atoms with E-state index >= 15 is 0 Å². The number of methoxy groups -OCH3 is 1. The molecule has 24 heavy (non-hydrogen) atoms. The molecule has 2 aromatic carbocycles. The van der Waals surface area contributed by atoms with Gasteiger partial charge in [0, 0.05) is 24.8 Å². The minimum atomic E-state index is -3.58. The van der Waals surface area contributed by atoms with Gasteiger partial charge in [-0.25, -0.2) is 12.7 Å². The molecule has 128 valence electrons. The number of nitrogens with zero attached hydrogens (tertiary/aromatic N) is 1. The summed E-state index contributed by atoms with van der Waals surface area (Å²) >= 11 is 5.92. The van der Waals surface area contributed by atoms with Crippen LogP contribution < -0.4 is 10.1 Å². The summed E-state index contributed by atoms with van der Waals surface area (Å²) < 4.78 is 30.6. The monoisotopic (exact) mass is 368 g/mol. The summed E-state index contributed by atoms with van der Waals surface area (Å²) in [6, 6.07) is 10.7. The molecule has 2 aromatic rings. The maximum Gasteiger partial charge on any atom is 0.259 e. The fraction of sp³-hybridized carbons (Fsp3) is 0.188. The summed E-state index contributed by atoms with van der Waals surface area (Å²) in [6.07, 6.45) is 0. The van der Waals surface area contributed by atoms with Crippen LogP contribution in [0.1, 0.15) is 10.4 Å². The van der Waals surface area contributed by atoms with Gasteiger partial charge in [-0.05, 0) is 36.4 Å². The van der Waals surface area contributed by atoms with Crippen LogP contribution in [0.2, 0.25) is 5.02 Å². The number of rotatable bonds is 5. The third-order valence-electron chi connectivity index (χ3n) is 3.28. The van der Waals surface area contributed by atoms with Gasteiger partial charge >= 0.3 is 0 Å². The van der Waals surface area contributed by atoms with Crippen LogP contribution >= 0.6 is 11.6 Å². The van der Waals surface area contributed by atoms with Crippen molar-refractivity contribution >= 4 is 33.2 Å². The van der Waals surface area contributed by atoms with Crippen LogP contribution in [0.4, 0.5) is 5.69 Å². The highest BCUT2D eigenvalue weighted by molar-refractivity contribution is 7.89. The second-order valence-corrected chi connectivity index (χ2v) is 7.70. The smallest absolute Gasteiger partial charge is 0.259 e. The van der Waals surface area contributed by atoms with Crippen molar-refractivity contribution in [2.45, 2.75) is 4.90 Å². The Hall–Kier alpha value is -2.09. The van der Waals surface area contributed by atoms with Gasteiger partial charge in [-0.15, -0.1) is 0 Å². The van der Waals surface area contributed by atoms with E-state index in [2.05, 4.69) is 5.32 Å². The number of halogens is 1. The maximum absolute atomic E-state index is 12.4. The molecular formula is C16H17ClN2O4S. The van der Waals surface area contributed by atoms with E-state index in [1.165, 1.54) is 39.4 Å². The molecular weight excluding hydrogens is 352 g/mol. The molecule has 0 bridgehead atoms. The zero-order chi connectivity index (χ0) is 17.9. The molecule has 0 aliphatic heterocycles. The topological polar surface area (TPSA) is 75.7 Å². The molecule has 0 aromatic heterocycles. The molecule has 0 radical (unpaired) electrons. The minimum Gasteiger partial charge on any atom is -0.496 e. The normalized spacial score (nSPS) is 11.4. The maximum atomic E-state index is 12.4. The molecule has 0 saturated carbocycles. The summed E-state index contributed by atoms with van der Waals surface area (Å²) in [5.74, 6) is -0.0808. The van der Waals surface area contributed by atoms with Crippen molar-refractivity contribution in [3.63, 3.8) is 0 Å². The lowest BCUT2D eigenvalue weighted by molar-refractivity contribution is 0.102. The van der Waals surface area contributed by atoms with Crippen LogP contribution in [0.15, 0.2) is 47.4 Å². The number of carbonyl (C=O) groups excluding carboxylic acids is 1. The third kappa shape index (κ3) is 3.87. The average molecular weight is 369 g/mol. The lowest BCUT2D eigenvalue weighted by Crippen LogP contribution is -2.22. The van der Waals surface area contributed by atoms with Gasteiger partial charge in [0.15, 0.2) is 0 Å². The number of ether oxygens (including phenoxy) is 1. The van der Waals surface area contributed by atoms with Gasteiger partial charge in [-0.1, -0.05) is 17.7 Å². The van der Waals surface area contributed by atoms with Crippen molar-refractivity contribution in [1.29, 1.82) is 0 Å². The lowest BCUT2D eigenvalue weighted by Gasteiger charge is -2.13. The summed E-state index contributed by atoms with van der Waals surface area (Å²) in [5, 5.41) is 3.04. The molecule has 0 fully saturated rings. The van der Waals surface area contributed by atoms with E-state index in [0.717, 1.165) is 4.31 Å². The Morgan fingerprint density at radius 1 is 1.17 bits per heavy atom. The van der Waals surface area contributed by atoms with Gasteiger partial charge in [0.05, 0.1) is 17.6 Å². The molecule has 6 nitrogen and oxygen atoms in total. The number of amides is 1. The number of hydrogen-bond donors (Lipinski definition) is 1. The Bertz CT molecular complexity index is 866. The molecule has 0 unspecified atom stereocenters. The predicted octanol–water partition coefficient (Wildman–Crippen LogP) is 2.85. The Morgan fingerprint density at radius 3 is 2.50 bits per heavy atom. The number of nitrogens with one attached hydrogen (secondary N) is 1. The largest absolute Gasteiger partial charge is 0.496 e. The third-order valence-corrected chi connectivity index (χ3v) is 5.32. The van der Waals surface area contributed by atoms with E-state index in [1.54, 1.807) is 24.3 Å². The second-order valence-electron chi connectivity index (χ2n) is 5.11. The predicted molar refractivity (Wildman–Crippen MR) is 93.3 cm³/mol. The zero-order valence-corrected chi connectivity index (χ0v) is 15.0. The molecule has 8 heteroatoms. The standard InChI is InChI=1S/C16H17ClN2O4S/c1-19(2)24(21,22)13-6-4-5-12(10-13)18-16(20)14-9-11(17)7-8-15(14)23-3/h4-10H,1-3H3,(H,18,20). The van der Waals surface area contributed by atoms with Crippen molar-refractivity contribution in [3.05, 3.63) is 53.1 Å². The quantitative estimate of drug-likeness (QED) is 0.880. The molecule has 1 amide bonds. The first-order chi connectivity index (χ1) is 11.3. The van der Waals surface area contributed by atoms with E-state index in [4.69, 9.17) is 16.3 Å². The van der Waals surface area contributed by atoms with Gasteiger partial charge in [0.2, 0.25) is 10.0 Å². The van der Waals surface area contributed by atoms with E-state index in [9.17, 15) is 13.2 Å². The van der Waals surface area contributed by atoms with E-state index in [-0.39, 0.29) is 10.5 Å². The number of carbonyl (C=O) groups is 1. The van der Waals surface area contributed by atoms with Crippen LogP contribution in [-0.4, -0.2) is 39.8 Å². The Balaban J connectivity index is 2.33. The SMILES string of the molecule is COc1ccc(Cl)cc1C(=O)Nc1cccc(S(=O)(=O)N(C)C)c1. The number of anilines is 1. The van der Waals surface area contributed by atoms with Crippen LogP contribution in [0, 0.1) is 0 Å². The highest BCUT2D eigenvalue weighted by Gasteiger charge is 2.18. The summed E-state index contributed by atoms with van der Waals surface area (Å²) in [7, 11) is 0.749. The summed E-state index contributed by atoms with van der Waals surface area (Å²) in [5.41, 5.74) is 0.607. The van der Waals surface area contributed by atoms with Crippen LogP contribution in [0.25, 0.3) is 0 Å². The number of benzene rings is 2. The Labute approximate surface area is 146 Å². The number of sulfonamides is 1. The van der Waals surface area contributed by atoms with Crippen molar-refractivity contribution in [2.24, 2.45) is 0 Å². The Morgan fingerprint density at radius 2 is 1.88 bits per heavy atom. The van der Waals surface area contributed by atoms with Crippen LogP contribution in [0.5, 0.6) is 5.75 Å². The van der Waals surface area contributed by atoms with Gasteiger partial charge in [-0.3, -0.25) is 4.79 Å². The van der Waals surface area contributed by atoms with Crippen molar-refractivity contribution in [1.82, 2.24) is 4.31 Å². The highest BCUT2D eigenvalue weighted by atomic mass is 35.5. The lowest BCUT2D eigenvalue weighted by atomic mass is 10.2. The fourth-order valence-electron chi connectivity index (χ4n) is 2.00. The fourth-order valence-corrected chi connectivity index (χ4v) is 3.12. The molecule has 0 aliphatic rings. The van der Waals surface area contributed by atoms with Gasteiger partial charge in [0.25, 0.3) is 5.91 Å². The van der Waals surface area contributed by atoms with Gasteiger partial charge < -0.3 is 10.1 Å². The second kappa shape index (κ2) is 7.21. The zero-order valence-electron chi connectivity index (χ0n) is 13.4. The average Bonchev–Trinajstić information content (AvgIpc) is 2.54. The first kappa shape index (κ1) is 18.3. The number of hydrogen-bond acceptors (Lipinski definition) is 4. The van der Waals surface area contributed by atoms with Crippen LogP contribution in [-0.2, 0) is 10.0 Å². The highest BCUT2D eigenvalue weighted by Crippen LogP contribution is 2.24. The van der Waals surface area contributed by atoms with Crippen molar-refractivity contribution in [2.75, 3.05) is 26.5 Å². The minimum absolute atomic E-state index is 0.0864. The van der Waals surface area contributed by atoms with Gasteiger partial charge in [0.1, 0.15) is 5.75 Å². The molecule has 0 atom stereocenters. The van der Waals surface area contributed by atoms with Crippen molar-refractivity contribution < 1.29 is 17.9 Å². The first-order valence-corrected chi connectivity index (χ1v) is 8.75. The molecule has 0 heterocycles. The van der Waals surface area contributed by atoms with Gasteiger partial charge in [-0.2, -0.15) is 0 Å². The van der Waals surface area contributed by atoms with E-state index in [0.29, 0.717) is 16.5 Å². The summed E-state index contributed by atoms with van der Waals surface area (Å²) in [6.45, 7) is 0. The van der Waals surface area contributed by atoms with Crippen LogP contribution in [0.3, 0.4) is 0 Å². The van der Waals surface area contributed by atoms with E-state index in [1.807, 2.05) is 0 Å². The molecule has 2 rings (SSSR count). The molecule has 0 saturated heterocycles.